The molecule has 1 aliphatic heterocycles. The van der Waals surface area contributed by atoms with Gasteiger partial charge in [-0.05, 0) is 52.0 Å². The van der Waals surface area contributed by atoms with Crippen LogP contribution in [0.1, 0.15) is 52.4 Å². The molecular weight excluding hydrogens is 238 g/mol. The molecule has 1 heterocycles. The molecule has 0 aromatic heterocycles. The van der Waals surface area contributed by atoms with Crippen LogP contribution in [0.25, 0.3) is 0 Å². The molecular formula is C15H29N3O. The molecule has 4 nitrogen and oxygen atoms in total. The van der Waals surface area contributed by atoms with Crippen molar-refractivity contribution < 1.29 is 4.79 Å². The molecule has 3 unspecified atom stereocenters. The van der Waals surface area contributed by atoms with Gasteiger partial charge in [0.05, 0.1) is 6.54 Å². The number of carbonyl (C=O) groups is 1. The number of amides is 1. The van der Waals surface area contributed by atoms with Crippen LogP contribution in [0.4, 0.5) is 0 Å². The topological polar surface area (TPSA) is 53.2 Å². The lowest BCUT2D eigenvalue weighted by Gasteiger charge is -2.33. The molecule has 1 aliphatic carbocycles. The van der Waals surface area contributed by atoms with Crippen LogP contribution in [0.2, 0.25) is 0 Å². The second kappa shape index (κ2) is 7.25. The van der Waals surface area contributed by atoms with Crippen LogP contribution in [-0.4, -0.2) is 37.1 Å². The van der Waals surface area contributed by atoms with Crippen LogP contribution in [0.15, 0.2) is 0 Å². The first kappa shape index (κ1) is 14.8. The van der Waals surface area contributed by atoms with E-state index in [-0.39, 0.29) is 11.9 Å². The summed E-state index contributed by atoms with van der Waals surface area (Å²) in [5, 5.41) is 10.1. The summed E-state index contributed by atoms with van der Waals surface area (Å²) in [6.07, 6.45) is 7.80. The number of nitrogens with one attached hydrogen (secondary N) is 3. The maximum absolute atomic E-state index is 11.7. The first-order valence-corrected chi connectivity index (χ1v) is 7.93. The highest BCUT2D eigenvalue weighted by Gasteiger charge is 2.34. The van der Waals surface area contributed by atoms with Crippen LogP contribution in [-0.2, 0) is 4.79 Å². The van der Waals surface area contributed by atoms with Crippen molar-refractivity contribution >= 4 is 5.91 Å². The Kier molecular flexibility index (Phi) is 5.64. The molecule has 2 aliphatic rings. The van der Waals surface area contributed by atoms with Crippen molar-refractivity contribution in [2.75, 3.05) is 13.1 Å². The predicted octanol–water partition coefficient (Wildman–Crippen LogP) is 1.41. The van der Waals surface area contributed by atoms with E-state index in [2.05, 4.69) is 16.0 Å². The van der Waals surface area contributed by atoms with E-state index in [0.717, 1.165) is 0 Å². The van der Waals surface area contributed by atoms with Crippen LogP contribution in [0, 0.1) is 5.92 Å². The van der Waals surface area contributed by atoms with Gasteiger partial charge in [0.2, 0.25) is 5.91 Å². The first-order valence-electron chi connectivity index (χ1n) is 7.93. The average Bonchev–Trinajstić information content (AvgIpc) is 2.85. The van der Waals surface area contributed by atoms with Crippen LogP contribution >= 0.6 is 0 Å². The number of hydrogen-bond acceptors (Lipinski definition) is 3. The van der Waals surface area contributed by atoms with Crippen molar-refractivity contribution in [3.05, 3.63) is 0 Å². The summed E-state index contributed by atoms with van der Waals surface area (Å²) in [4.78, 5) is 11.7. The molecule has 2 fully saturated rings. The summed E-state index contributed by atoms with van der Waals surface area (Å²) in [5.74, 6) is 0.837. The molecule has 19 heavy (non-hydrogen) atoms. The van der Waals surface area contributed by atoms with E-state index in [1.54, 1.807) is 0 Å². The zero-order valence-electron chi connectivity index (χ0n) is 12.4. The quantitative estimate of drug-likeness (QED) is 0.706. The summed E-state index contributed by atoms with van der Waals surface area (Å²) in [6, 6.07) is 1.42. The first-order chi connectivity index (χ1) is 9.16. The molecule has 3 N–H and O–H groups in total. The Morgan fingerprint density at radius 2 is 2.05 bits per heavy atom. The second-order valence-electron chi connectivity index (χ2n) is 6.36. The Morgan fingerprint density at radius 3 is 2.74 bits per heavy atom. The van der Waals surface area contributed by atoms with Gasteiger partial charge in [0.15, 0.2) is 0 Å². The molecule has 0 aromatic carbocycles. The minimum Gasteiger partial charge on any atom is -0.353 e. The summed E-state index contributed by atoms with van der Waals surface area (Å²) in [6.45, 7) is 5.64. The lowest BCUT2D eigenvalue weighted by Crippen LogP contribution is -2.49. The Labute approximate surface area is 117 Å². The fourth-order valence-corrected chi connectivity index (χ4v) is 3.56. The van der Waals surface area contributed by atoms with Gasteiger partial charge in [0, 0.05) is 18.1 Å². The smallest absolute Gasteiger partial charge is 0.234 e. The van der Waals surface area contributed by atoms with Crippen LogP contribution in [0.5, 0.6) is 0 Å². The van der Waals surface area contributed by atoms with Crippen LogP contribution in [0.3, 0.4) is 0 Å². The summed E-state index contributed by atoms with van der Waals surface area (Å²) >= 11 is 0. The normalized spacial score (nSPS) is 31.6. The van der Waals surface area contributed by atoms with Gasteiger partial charge in [-0.15, -0.1) is 0 Å². The number of piperidine rings is 1. The Hall–Kier alpha value is -0.610. The molecule has 0 radical (unpaired) electrons. The van der Waals surface area contributed by atoms with Crippen molar-refractivity contribution in [3.63, 3.8) is 0 Å². The fourth-order valence-electron chi connectivity index (χ4n) is 3.56. The molecule has 1 saturated carbocycles. The van der Waals surface area contributed by atoms with Crippen molar-refractivity contribution in [1.82, 2.24) is 16.0 Å². The Balaban J connectivity index is 1.76. The van der Waals surface area contributed by atoms with E-state index in [0.29, 0.717) is 24.5 Å². The van der Waals surface area contributed by atoms with Gasteiger partial charge in [-0.1, -0.05) is 12.8 Å². The SMILES string of the molecule is CC(C)NC(=O)CNC1CCCC1C1CCCCN1. The molecule has 110 valence electrons. The highest BCUT2D eigenvalue weighted by Crippen LogP contribution is 2.31. The van der Waals surface area contributed by atoms with Crippen molar-refractivity contribution in [2.45, 2.75) is 70.5 Å². The third-order valence-electron chi connectivity index (χ3n) is 4.41. The van der Waals surface area contributed by atoms with Gasteiger partial charge in [-0.25, -0.2) is 0 Å². The van der Waals surface area contributed by atoms with E-state index < -0.39 is 0 Å². The maximum atomic E-state index is 11.7. The number of carbonyl (C=O) groups excluding carboxylic acids is 1. The van der Waals surface area contributed by atoms with Crippen LogP contribution < -0.4 is 16.0 Å². The van der Waals surface area contributed by atoms with Gasteiger partial charge < -0.3 is 16.0 Å². The molecule has 0 spiro atoms. The second-order valence-corrected chi connectivity index (χ2v) is 6.36. The lowest BCUT2D eigenvalue weighted by atomic mass is 9.88. The highest BCUT2D eigenvalue weighted by molar-refractivity contribution is 5.78. The number of hydrogen-bond donors (Lipinski definition) is 3. The molecule has 1 amide bonds. The minimum absolute atomic E-state index is 0.122. The molecule has 0 aromatic rings. The maximum Gasteiger partial charge on any atom is 0.234 e. The van der Waals surface area contributed by atoms with E-state index >= 15 is 0 Å². The van der Waals surface area contributed by atoms with Gasteiger partial charge >= 0.3 is 0 Å². The minimum atomic E-state index is 0.122. The zero-order chi connectivity index (χ0) is 13.7. The van der Waals surface area contributed by atoms with Gasteiger partial charge in [-0.2, -0.15) is 0 Å². The summed E-state index contributed by atoms with van der Waals surface area (Å²) in [5.41, 5.74) is 0. The predicted molar refractivity (Wildman–Crippen MR) is 78.1 cm³/mol. The molecule has 3 atom stereocenters. The molecule has 1 saturated heterocycles. The van der Waals surface area contributed by atoms with Gasteiger partial charge in [-0.3, -0.25) is 4.79 Å². The Bertz CT molecular complexity index is 287. The molecule has 4 heteroatoms. The summed E-state index contributed by atoms with van der Waals surface area (Å²) < 4.78 is 0. The van der Waals surface area contributed by atoms with E-state index in [9.17, 15) is 4.79 Å². The molecule has 0 bridgehead atoms. The van der Waals surface area contributed by atoms with Crippen molar-refractivity contribution in [1.29, 1.82) is 0 Å². The largest absolute Gasteiger partial charge is 0.353 e. The fraction of sp³-hybridized carbons (Fsp3) is 0.933. The van der Waals surface area contributed by atoms with E-state index in [1.807, 2.05) is 13.8 Å². The molecule has 2 rings (SSSR count). The monoisotopic (exact) mass is 267 g/mol. The van der Waals surface area contributed by atoms with Crippen molar-refractivity contribution in [3.8, 4) is 0 Å². The lowest BCUT2D eigenvalue weighted by molar-refractivity contribution is -0.120. The van der Waals surface area contributed by atoms with E-state index in [4.69, 9.17) is 0 Å². The average molecular weight is 267 g/mol. The van der Waals surface area contributed by atoms with Gasteiger partial charge in [0.1, 0.15) is 0 Å². The van der Waals surface area contributed by atoms with Crippen molar-refractivity contribution in [2.24, 2.45) is 5.92 Å². The Morgan fingerprint density at radius 1 is 1.21 bits per heavy atom. The van der Waals surface area contributed by atoms with E-state index in [1.165, 1.54) is 45.1 Å². The highest BCUT2D eigenvalue weighted by atomic mass is 16.1. The number of rotatable bonds is 5. The zero-order valence-corrected chi connectivity index (χ0v) is 12.4. The third kappa shape index (κ3) is 4.46. The standard InChI is InChI=1S/C15H29N3O/c1-11(2)18-15(19)10-17-14-8-5-6-12(14)13-7-3-4-9-16-13/h11-14,16-17H,3-10H2,1-2H3,(H,18,19). The third-order valence-corrected chi connectivity index (χ3v) is 4.41. The summed E-state index contributed by atoms with van der Waals surface area (Å²) in [7, 11) is 0. The van der Waals surface area contributed by atoms with Gasteiger partial charge in [0.25, 0.3) is 0 Å².